The van der Waals surface area contributed by atoms with Crippen molar-refractivity contribution >= 4 is 6.79 Å². The summed E-state index contributed by atoms with van der Waals surface area (Å²) in [6, 6.07) is 0. The first kappa shape index (κ1) is 9.59. The number of hydrogen-bond acceptors (Lipinski definition) is 3. The van der Waals surface area contributed by atoms with Gasteiger partial charge in [0.1, 0.15) is 6.79 Å². The van der Waals surface area contributed by atoms with Crippen molar-refractivity contribution in [2.75, 3.05) is 13.2 Å². The van der Waals surface area contributed by atoms with Gasteiger partial charge in [-0.1, -0.05) is 0 Å². The molecule has 1 fully saturated rings. The molecule has 3 nitrogen and oxygen atoms in total. The van der Waals surface area contributed by atoms with E-state index in [4.69, 9.17) is 14.6 Å². The Morgan fingerprint density at radius 2 is 2.20 bits per heavy atom. The smallest absolute Gasteiger partial charge is 0.106 e. The maximum atomic E-state index is 8.57. The third-order valence-corrected chi connectivity index (χ3v) is 1.48. The Bertz CT molecular complexity index is 69.3. The third kappa shape index (κ3) is 3.58. The Hall–Kier alpha value is -0.410. The average molecular weight is 146 g/mol. The molecule has 0 amide bonds. The van der Waals surface area contributed by atoms with Crippen LogP contribution in [0.3, 0.4) is 0 Å². The van der Waals surface area contributed by atoms with E-state index in [2.05, 4.69) is 0 Å². The van der Waals surface area contributed by atoms with Crippen molar-refractivity contribution in [1.82, 2.24) is 0 Å². The topological polar surface area (TPSA) is 46.5 Å². The van der Waals surface area contributed by atoms with E-state index in [1.54, 1.807) is 0 Å². The molecule has 0 aliphatic carbocycles. The lowest BCUT2D eigenvalue weighted by molar-refractivity contribution is -0.0979. The van der Waals surface area contributed by atoms with E-state index >= 15 is 0 Å². The van der Waals surface area contributed by atoms with E-state index in [-0.39, 0.29) is 12.7 Å². The Morgan fingerprint density at radius 3 is 2.50 bits per heavy atom. The molecule has 10 heavy (non-hydrogen) atoms. The number of carbonyl (C=O) groups excluding carboxylic acids is 1. The van der Waals surface area contributed by atoms with E-state index in [9.17, 15) is 0 Å². The van der Waals surface area contributed by atoms with E-state index < -0.39 is 0 Å². The lowest BCUT2D eigenvalue weighted by atomic mass is 10.1. The largest absolute Gasteiger partial charge is 0.394 e. The van der Waals surface area contributed by atoms with Crippen molar-refractivity contribution in [1.29, 1.82) is 0 Å². The van der Waals surface area contributed by atoms with Crippen LogP contribution in [-0.2, 0) is 9.53 Å². The molecule has 3 heteroatoms. The number of aliphatic hydroxyl groups is 1. The van der Waals surface area contributed by atoms with Crippen LogP contribution in [0.15, 0.2) is 0 Å². The maximum Gasteiger partial charge on any atom is 0.106 e. The first-order chi connectivity index (χ1) is 4.93. The fourth-order valence-electron chi connectivity index (χ4n) is 0.951. The highest BCUT2D eigenvalue weighted by Crippen LogP contribution is 2.10. The zero-order chi connectivity index (χ0) is 7.82. The lowest BCUT2D eigenvalue weighted by Crippen LogP contribution is -2.22. The Balaban J connectivity index is 0.000000371. The molecule has 1 N–H and O–H groups in total. The second-order valence-electron chi connectivity index (χ2n) is 2.17. The molecule has 1 rings (SSSR count). The third-order valence-electron chi connectivity index (χ3n) is 1.48. The average Bonchev–Trinajstić information content (AvgIpc) is 2.10. The van der Waals surface area contributed by atoms with Gasteiger partial charge in [0, 0.05) is 6.61 Å². The summed E-state index contributed by atoms with van der Waals surface area (Å²) in [5.74, 6) is 0. The molecule has 0 spiro atoms. The number of carbonyl (C=O) groups is 1. The quantitative estimate of drug-likeness (QED) is 0.581. The monoisotopic (exact) mass is 146 g/mol. The van der Waals surface area contributed by atoms with Gasteiger partial charge >= 0.3 is 0 Å². The molecule has 1 heterocycles. The van der Waals surface area contributed by atoms with Crippen LogP contribution < -0.4 is 0 Å². The van der Waals surface area contributed by atoms with Gasteiger partial charge in [0.05, 0.1) is 12.7 Å². The summed E-state index contributed by atoms with van der Waals surface area (Å²) in [5.41, 5.74) is 0. The molecular weight excluding hydrogens is 132 g/mol. The zero-order valence-electron chi connectivity index (χ0n) is 6.08. The van der Waals surface area contributed by atoms with Gasteiger partial charge in [-0.2, -0.15) is 0 Å². The molecule has 0 saturated carbocycles. The highest BCUT2D eigenvalue weighted by atomic mass is 16.5. The van der Waals surface area contributed by atoms with Gasteiger partial charge in [0.2, 0.25) is 0 Å². The van der Waals surface area contributed by atoms with E-state index in [0.717, 1.165) is 19.4 Å². The van der Waals surface area contributed by atoms with E-state index in [1.807, 2.05) is 6.79 Å². The van der Waals surface area contributed by atoms with E-state index in [1.165, 1.54) is 6.42 Å². The van der Waals surface area contributed by atoms with Gasteiger partial charge in [-0.15, -0.1) is 0 Å². The predicted molar refractivity (Wildman–Crippen MR) is 37.8 cm³/mol. The molecule has 0 aromatic rings. The summed E-state index contributed by atoms with van der Waals surface area (Å²) in [6.07, 6.45) is 3.56. The van der Waals surface area contributed by atoms with Crippen LogP contribution in [0.4, 0.5) is 0 Å². The highest BCUT2D eigenvalue weighted by Gasteiger charge is 2.10. The van der Waals surface area contributed by atoms with Crippen LogP contribution in [0.1, 0.15) is 19.3 Å². The molecule has 1 aliphatic rings. The van der Waals surface area contributed by atoms with Gasteiger partial charge in [-0.25, -0.2) is 0 Å². The van der Waals surface area contributed by atoms with Crippen molar-refractivity contribution in [2.24, 2.45) is 0 Å². The van der Waals surface area contributed by atoms with Crippen LogP contribution in [0, 0.1) is 0 Å². The van der Waals surface area contributed by atoms with Crippen molar-refractivity contribution in [3.63, 3.8) is 0 Å². The highest BCUT2D eigenvalue weighted by molar-refractivity contribution is 5.10. The number of rotatable bonds is 1. The Labute approximate surface area is 61.0 Å². The molecule has 1 aliphatic heterocycles. The molecule has 1 atom stereocenters. The fraction of sp³-hybridized carbons (Fsp3) is 0.857. The molecule has 1 saturated heterocycles. The maximum absolute atomic E-state index is 8.57. The second-order valence-corrected chi connectivity index (χ2v) is 2.17. The minimum atomic E-state index is 0.142. The number of ether oxygens (including phenoxy) is 1. The summed E-state index contributed by atoms with van der Waals surface area (Å²) in [5, 5.41) is 8.57. The first-order valence-corrected chi connectivity index (χ1v) is 3.45. The summed E-state index contributed by atoms with van der Waals surface area (Å²) >= 11 is 0. The molecule has 0 aromatic carbocycles. The van der Waals surface area contributed by atoms with Crippen LogP contribution in [0.5, 0.6) is 0 Å². The van der Waals surface area contributed by atoms with Crippen molar-refractivity contribution in [2.45, 2.75) is 25.4 Å². The Morgan fingerprint density at radius 1 is 1.50 bits per heavy atom. The molecule has 0 aromatic heterocycles. The standard InChI is InChI=1S/C6H12O2.CH2O/c7-5-6-3-1-2-4-8-6;1-2/h6-7H,1-5H2;1H2. The molecule has 0 bridgehead atoms. The first-order valence-electron chi connectivity index (χ1n) is 3.45. The van der Waals surface area contributed by atoms with Gasteiger partial charge in [0.15, 0.2) is 0 Å². The van der Waals surface area contributed by atoms with Gasteiger partial charge in [-0.05, 0) is 19.3 Å². The minimum Gasteiger partial charge on any atom is -0.394 e. The van der Waals surface area contributed by atoms with Crippen LogP contribution in [0.2, 0.25) is 0 Å². The molecule has 1 unspecified atom stereocenters. The van der Waals surface area contributed by atoms with Crippen molar-refractivity contribution in [3.8, 4) is 0 Å². The summed E-state index contributed by atoms with van der Waals surface area (Å²) in [4.78, 5) is 8.00. The van der Waals surface area contributed by atoms with E-state index in [0.29, 0.717) is 0 Å². The SMILES string of the molecule is C=O.OCC1CCCCO1. The second kappa shape index (κ2) is 6.71. The number of aliphatic hydroxyl groups excluding tert-OH is 1. The van der Waals surface area contributed by atoms with Crippen molar-refractivity contribution in [3.05, 3.63) is 0 Å². The van der Waals surface area contributed by atoms with Gasteiger partial charge < -0.3 is 14.6 Å². The van der Waals surface area contributed by atoms with Crippen LogP contribution >= 0.6 is 0 Å². The van der Waals surface area contributed by atoms with Gasteiger partial charge in [-0.3, -0.25) is 0 Å². The van der Waals surface area contributed by atoms with Crippen molar-refractivity contribution < 1.29 is 14.6 Å². The summed E-state index contributed by atoms with van der Waals surface area (Å²) in [6.45, 7) is 3.03. The normalized spacial score (nSPS) is 24.7. The predicted octanol–water partition coefficient (Wildman–Crippen LogP) is 0.363. The molecule has 0 radical (unpaired) electrons. The zero-order valence-corrected chi connectivity index (χ0v) is 6.08. The molecule has 60 valence electrons. The fourth-order valence-corrected chi connectivity index (χ4v) is 0.951. The summed E-state index contributed by atoms with van der Waals surface area (Å²) in [7, 11) is 0. The minimum absolute atomic E-state index is 0.142. The van der Waals surface area contributed by atoms with Crippen LogP contribution in [0.25, 0.3) is 0 Å². The molecular formula is C7H14O3. The number of hydrogen-bond donors (Lipinski definition) is 1. The Kier molecular flexibility index (Phi) is 6.43. The summed E-state index contributed by atoms with van der Waals surface area (Å²) < 4.78 is 5.18. The van der Waals surface area contributed by atoms with Gasteiger partial charge in [0.25, 0.3) is 0 Å². The lowest BCUT2D eigenvalue weighted by Gasteiger charge is -2.19. The van der Waals surface area contributed by atoms with Crippen LogP contribution in [-0.4, -0.2) is 31.2 Å².